The van der Waals surface area contributed by atoms with Crippen molar-refractivity contribution in [2.75, 3.05) is 0 Å². The highest BCUT2D eigenvalue weighted by atomic mass is 16.1. The molecule has 0 bridgehead atoms. The molecule has 7 heavy (non-hydrogen) atoms. The van der Waals surface area contributed by atoms with Gasteiger partial charge in [-0.3, -0.25) is 4.79 Å². The Morgan fingerprint density at radius 2 is 2.29 bits per heavy atom. The molecule has 0 spiro atoms. The van der Waals surface area contributed by atoms with Gasteiger partial charge < -0.3 is 5.43 Å². The van der Waals surface area contributed by atoms with Gasteiger partial charge in [-0.2, -0.15) is 0 Å². The summed E-state index contributed by atoms with van der Waals surface area (Å²) < 4.78 is 0. The van der Waals surface area contributed by atoms with Gasteiger partial charge in [0, 0.05) is 12.3 Å². The van der Waals surface area contributed by atoms with E-state index in [1.54, 1.807) is 6.20 Å². The van der Waals surface area contributed by atoms with Crippen LogP contribution in [0.3, 0.4) is 0 Å². The molecule has 3 heteroatoms. The third-order valence-corrected chi connectivity index (χ3v) is 0.629. The zero-order valence-electron chi connectivity index (χ0n) is 3.64. The van der Waals surface area contributed by atoms with E-state index >= 15 is 0 Å². The van der Waals surface area contributed by atoms with Crippen molar-refractivity contribution < 1.29 is 4.79 Å². The first-order chi connectivity index (χ1) is 3.39. The van der Waals surface area contributed by atoms with Crippen LogP contribution in [0.4, 0.5) is 0 Å². The van der Waals surface area contributed by atoms with Gasteiger partial charge in [0.15, 0.2) is 5.78 Å². The van der Waals surface area contributed by atoms with Crippen LogP contribution in [-0.2, 0) is 4.79 Å². The Kier molecular flexibility index (Phi) is 1.08. The van der Waals surface area contributed by atoms with E-state index in [2.05, 4.69) is 10.9 Å². The molecule has 3 nitrogen and oxygen atoms in total. The minimum Gasteiger partial charge on any atom is -0.328 e. The number of hydrazine groups is 1. The third kappa shape index (κ3) is 1.01. The molecule has 0 fully saturated rings. The van der Waals surface area contributed by atoms with Crippen LogP contribution in [0.25, 0.3) is 0 Å². The SMILES string of the molecule is O=C1[CH]NNC=C1. The first kappa shape index (κ1) is 4.33. The summed E-state index contributed by atoms with van der Waals surface area (Å²) in [6.45, 7) is 1.35. The monoisotopic (exact) mass is 97.0 g/mol. The molecular weight excluding hydrogens is 92.1 g/mol. The van der Waals surface area contributed by atoms with Crippen molar-refractivity contribution in [1.29, 1.82) is 0 Å². The highest BCUT2D eigenvalue weighted by Crippen LogP contribution is 1.80. The molecule has 0 atom stereocenters. The van der Waals surface area contributed by atoms with Crippen molar-refractivity contribution in [1.82, 2.24) is 10.9 Å². The quantitative estimate of drug-likeness (QED) is 0.421. The smallest absolute Gasteiger partial charge is 0.178 e. The highest BCUT2D eigenvalue weighted by molar-refractivity contribution is 5.96. The summed E-state index contributed by atoms with van der Waals surface area (Å²) >= 11 is 0. The van der Waals surface area contributed by atoms with E-state index in [0.717, 1.165) is 0 Å². The molecule has 1 aliphatic heterocycles. The maximum Gasteiger partial charge on any atom is 0.178 e. The second-order valence-corrected chi connectivity index (χ2v) is 1.17. The van der Waals surface area contributed by atoms with Crippen molar-refractivity contribution in [3.05, 3.63) is 18.8 Å². The van der Waals surface area contributed by atoms with E-state index in [-0.39, 0.29) is 5.78 Å². The predicted molar refractivity (Wildman–Crippen MR) is 24.7 cm³/mol. The van der Waals surface area contributed by atoms with Gasteiger partial charge in [0.05, 0.1) is 0 Å². The van der Waals surface area contributed by atoms with E-state index < -0.39 is 0 Å². The summed E-state index contributed by atoms with van der Waals surface area (Å²) in [6, 6.07) is 0. The summed E-state index contributed by atoms with van der Waals surface area (Å²) in [5.74, 6) is -0.0150. The van der Waals surface area contributed by atoms with E-state index in [0.29, 0.717) is 0 Å². The first-order valence-corrected chi connectivity index (χ1v) is 1.94. The zero-order valence-corrected chi connectivity index (χ0v) is 3.64. The Hall–Kier alpha value is -0.830. The standard InChI is InChI=1S/C4H5N2O/c7-4-1-2-5-6-3-4/h1-3,5-6H. The second-order valence-electron chi connectivity index (χ2n) is 1.17. The van der Waals surface area contributed by atoms with E-state index in [4.69, 9.17) is 0 Å². The molecule has 0 amide bonds. The topological polar surface area (TPSA) is 41.1 Å². The molecule has 1 rings (SSSR count). The van der Waals surface area contributed by atoms with Crippen LogP contribution in [0.5, 0.6) is 0 Å². The van der Waals surface area contributed by atoms with Crippen LogP contribution in [-0.4, -0.2) is 5.78 Å². The summed E-state index contributed by atoms with van der Waals surface area (Å²) in [6.07, 6.45) is 2.98. The van der Waals surface area contributed by atoms with E-state index in [1.807, 2.05) is 0 Å². The molecule has 2 N–H and O–H groups in total. The van der Waals surface area contributed by atoms with Crippen LogP contribution < -0.4 is 10.9 Å². The largest absolute Gasteiger partial charge is 0.328 e. The summed E-state index contributed by atoms with van der Waals surface area (Å²) in [5, 5.41) is 0. The summed E-state index contributed by atoms with van der Waals surface area (Å²) in [4.78, 5) is 10.2. The van der Waals surface area contributed by atoms with Crippen molar-refractivity contribution >= 4 is 5.78 Å². The number of carbonyl (C=O) groups is 1. The molecule has 0 aromatic rings. The van der Waals surface area contributed by atoms with Crippen LogP contribution in [0.2, 0.25) is 0 Å². The number of nitrogens with one attached hydrogen (secondary N) is 2. The molecule has 0 saturated carbocycles. The molecule has 0 aromatic carbocycles. The van der Waals surface area contributed by atoms with Crippen molar-refractivity contribution in [3.63, 3.8) is 0 Å². The van der Waals surface area contributed by atoms with Gasteiger partial charge in [0.25, 0.3) is 0 Å². The minimum absolute atomic E-state index is 0.0150. The number of ketones is 1. The first-order valence-electron chi connectivity index (χ1n) is 1.94. The average Bonchev–Trinajstić information content (AvgIpc) is 1.69. The van der Waals surface area contributed by atoms with Crippen molar-refractivity contribution in [2.24, 2.45) is 0 Å². The van der Waals surface area contributed by atoms with Crippen LogP contribution in [0.1, 0.15) is 0 Å². The van der Waals surface area contributed by atoms with Gasteiger partial charge in [0.2, 0.25) is 0 Å². The number of hydrogen-bond acceptors (Lipinski definition) is 3. The zero-order chi connectivity index (χ0) is 5.11. The van der Waals surface area contributed by atoms with Gasteiger partial charge >= 0.3 is 0 Å². The maximum absolute atomic E-state index is 10.2. The molecular formula is C4H5N2O. The van der Waals surface area contributed by atoms with Crippen LogP contribution in [0, 0.1) is 6.54 Å². The maximum atomic E-state index is 10.2. The summed E-state index contributed by atoms with van der Waals surface area (Å²) in [7, 11) is 0. The van der Waals surface area contributed by atoms with Gasteiger partial charge in [-0.05, 0) is 0 Å². The predicted octanol–water partition coefficient (Wildman–Crippen LogP) is -0.661. The van der Waals surface area contributed by atoms with Gasteiger partial charge in [-0.25, -0.2) is 5.43 Å². The molecule has 1 radical (unpaired) electrons. The molecule has 0 unspecified atom stereocenters. The second kappa shape index (κ2) is 1.75. The molecule has 1 aliphatic rings. The van der Waals surface area contributed by atoms with Gasteiger partial charge in [-0.1, -0.05) is 0 Å². The summed E-state index contributed by atoms with van der Waals surface area (Å²) in [5.41, 5.74) is 5.13. The van der Waals surface area contributed by atoms with E-state index in [1.165, 1.54) is 12.6 Å². The highest BCUT2D eigenvalue weighted by Gasteiger charge is 1.97. The lowest BCUT2D eigenvalue weighted by Gasteiger charge is -2.03. The number of carbonyl (C=O) groups excluding carboxylic acids is 1. The fraction of sp³-hybridized carbons (Fsp3) is 0. The number of hydrogen-bond donors (Lipinski definition) is 2. The van der Waals surface area contributed by atoms with E-state index in [9.17, 15) is 4.79 Å². The third-order valence-electron chi connectivity index (χ3n) is 0.629. The fourth-order valence-electron chi connectivity index (χ4n) is 0.333. The Labute approximate surface area is 41.4 Å². The van der Waals surface area contributed by atoms with Gasteiger partial charge in [-0.15, -0.1) is 0 Å². The molecule has 37 valence electrons. The Morgan fingerprint density at radius 3 is 2.57 bits per heavy atom. The fourth-order valence-corrected chi connectivity index (χ4v) is 0.333. The van der Waals surface area contributed by atoms with Crippen molar-refractivity contribution in [3.8, 4) is 0 Å². The lowest BCUT2D eigenvalue weighted by atomic mass is 10.4. The normalized spacial score (nSPS) is 19.1. The lowest BCUT2D eigenvalue weighted by Crippen LogP contribution is -2.30. The minimum atomic E-state index is -0.0150. The molecule has 0 aromatic heterocycles. The van der Waals surface area contributed by atoms with Crippen LogP contribution >= 0.6 is 0 Å². The van der Waals surface area contributed by atoms with Crippen molar-refractivity contribution in [2.45, 2.75) is 0 Å². The molecule has 1 heterocycles. The number of rotatable bonds is 0. The lowest BCUT2D eigenvalue weighted by molar-refractivity contribution is -0.112. The average molecular weight is 97.1 g/mol. The van der Waals surface area contributed by atoms with Crippen LogP contribution in [0.15, 0.2) is 12.3 Å². The Balaban J connectivity index is 2.51. The van der Waals surface area contributed by atoms with Gasteiger partial charge in [0.1, 0.15) is 6.54 Å². The Morgan fingerprint density at radius 1 is 1.43 bits per heavy atom. The Bertz CT molecular complexity index is 108. The molecule has 0 aliphatic carbocycles. The molecule has 0 saturated heterocycles.